The highest BCUT2D eigenvalue weighted by Gasteiger charge is 2.30. The molecule has 3 aromatic rings. The van der Waals surface area contributed by atoms with Gasteiger partial charge >= 0.3 is 0 Å². The maximum absolute atomic E-state index is 13.0. The third-order valence-corrected chi connectivity index (χ3v) is 5.96. The zero-order valence-electron chi connectivity index (χ0n) is 18.2. The highest BCUT2D eigenvalue weighted by molar-refractivity contribution is 5.77. The lowest BCUT2D eigenvalue weighted by molar-refractivity contribution is -0.132. The first-order valence-corrected chi connectivity index (χ1v) is 11.1. The number of amides is 1. The third-order valence-electron chi connectivity index (χ3n) is 5.96. The van der Waals surface area contributed by atoms with E-state index in [4.69, 9.17) is 9.72 Å². The molecular formula is C27H30N2O2. The molecule has 0 unspecified atom stereocenters. The Balaban J connectivity index is 1.39. The number of nitrogens with zero attached hydrogens (tertiary/aromatic N) is 2. The molecular weight excluding hydrogens is 384 g/mol. The van der Waals surface area contributed by atoms with E-state index in [0.717, 1.165) is 55.8 Å². The second kappa shape index (κ2) is 10.3. The van der Waals surface area contributed by atoms with Crippen LogP contribution in [0.1, 0.15) is 54.2 Å². The minimum Gasteiger partial charge on any atom is -0.497 e. The normalized spacial score (nSPS) is 15.8. The Morgan fingerprint density at radius 2 is 1.84 bits per heavy atom. The number of methoxy groups -OCH3 is 1. The minimum absolute atomic E-state index is 0.0921. The number of carbonyl (C=O) groups is 1. The Morgan fingerprint density at radius 3 is 2.68 bits per heavy atom. The lowest BCUT2D eigenvalue weighted by Crippen LogP contribution is -2.31. The maximum Gasteiger partial charge on any atom is 0.223 e. The largest absolute Gasteiger partial charge is 0.497 e. The molecule has 0 saturated carbocycles. The van der Waals surface area contributed by atoms with Gasteiger partial charge in [-0.25, -0.2) is 0 Å². The maximum atomic E-state index is 13.0. The van der Waals surface area contributed by atoms with Gasteiger partial charge in [0, 0.05) is 25.1 Å². The Labute approximate surface area is 184 Å². The summed E-state index contributed by atoms with van der Waals surface area (Å²) in [5, 5.41) is 0. The zero-order chi connectivity index (χ0) is 21.5. The van der Waals surface area contributed by atoms with Crippen molar-refractivity contribution < 1.29 is 9.53 Å². The summed E-state index contributed by atoms with van der Waals surface area (Å²) >= 11 is 0. The van der Waals surface area contributed by atoms with Gasteiger partial charge in [-0.15, -0.1) is 0 Å². The Hall–Kier alpha value is -3.14. The Bertz CT molecular complexity index is 1000. The van der Waals surface area contributed by atoms with Crippen LogP contribution in [-0.4, -0.2) is 29.4 Å². The first kappa shape index (κ1) is 21.1. The fourth-order valence-corrected chi connectivity index (χ4v) is 4.38. The second-order valence-corrected chi connectivity index (χ2v) is 8.17. The number of hydrogen-bond donors (Lipinski definition) is 0. The van der Waals surface area contributed by atoms with Crippen molar-refractivity contribution in [2.75, 3.05) is 13.7 Å². The number of ether oxygens (including phenoxy) is 1. The van der Waals surface area contributed by atoms with E-state index in [0.29, 0.717) is 6.42 Å². The highest BCUT2D eigenvalue weighted by Crippen LogP contribution is 2.32. The van der Waals surface area contributed by atoms with E-state index in [1.807, 2.05) is 29.2 Å². The molecule has 4 heteroatoms. The van der Waals surface area contributed by atoms with Crippen molar-refractivity contribution >= 4 is 5.91 Å². The number of carbonyl (C=O) groups excluding carboxylic acids is 1. The van der Waals surface area contributed by atoms with E-state index in [9.17, 15) is 4.79 Å². The van der Waals surface area contributed by atoms with Crippen molar-refractivity contribution in [1.29, 1.82) is 0 Å². The fourth-order valence-electron chi connectivity index (χ4n) is 4.38. The molecule has 2 heterocycles. The summed E-state index contributed by atoms with van der Waals surface area (Å²) in [6.45, 7) is 0.830. The predicted octanol–water partition coefficient (Wildman–Crippen LogP) is 5.37. The van der Waals surface area contributed by atoms with Crippen molar-refractivity contribution in [3.8, 4) is 5.75 Å². The van der Waals surface area contributed by atoms with E-state index >= 15 is 0 Å². The van der Waals surface area contributed by atoms with Gasteiger partial charge in [0.25, 0.3) is 0 Å². The van der Waals surface area contributed by atoms with Crippen LogP contribution in [0.3, 0.4) is 0 Å². The molecule has 1 fully saturated rings. The second-order valence-electron chi connectivity index (χ2n) is 8.17. The summed E-state index contributed by atoms with van der Waals surface area (Å²) in [7, 11) is 1.68. The van der Waals surface area contributed by atoms with Gasteiger partial charge < -0.3 is 9.64 Å². The molecule has 1 aliphatic rings. The topological polar surface area (TPSA) is 42.4 Å². The van der Waals surface area contributed by atoms with Crippen LogP contribution < -0.4 is 4.74 Å². The van der Waals surface area contributed by atoms with Crippen LogP contribution in [0.25, 0.3) is 0 Å². The standard InChI is InChI=1S/C27H30N2O2/c1-31-24-14-5-12-22(20-24)19-23-13-7-15-25(28-23)26-16-8-18-29(26)27(30)17-6-11-21-9-3-2-4-10-21/h2-5,7,9-10,12-15,20,26H,6,8,11,16-19H2,1H3/t26-/m1/s1. The van der Waals surface area contributed by atoms with Gasteiger partial charge in [-0.1, -0.05) is 48.5 Å². The van der Waals surface area contributed by atoms with Gasteiger partial charge in [0.2, 0.25) is 5.91 Å². The van der Waals surface area contributed by atoms with Crippen molar-refractivity contribution in [3.05, 3.63) is 95.3 Å². The number of benzene rings is 2. The number of likely N-dealkylation sites (tertiary alicyclic amines) is 1. The lowest BCUT2D eigenvalue weighted by atomic mass is 10.1. The predicted molar refractivity (Wildman–Crippen MR) is 123 cm³/mol. The van der Waals surface area contributed by atoms with Gasteiger partial charge in [0.05, 0.1) is 18.8 Å². The van der Waals surface area contributed by atoms with E-state index in [2.05, 4.69) is 48.5 Å². The van der Waals surface area contributed by atoms with Crippen LogP contribution in [0.5, 0.6) is 5.75 Å². The number of hydrogen-bond acceptors (Lipinski definition) is 3. The molecule has 0 aliphatic carbocycles. The van der Waals surface area contributed by atoms with Crippen LogP contribution in [0.4, 0.5) is 0 Å². The van der Waals surface area contributed by atoms with Crippen LogP contribution in [0.2, 0.25) is 0 Å². The van der Waals surface area contributed by atoms with E-state index in [1.165, 1.54) is 11.1 Å². The molecule has 0 spiro atoms. The Kier molecular flexibility index (Phi) is 6.98. The average Bonchev–Trinajstić information content (AvgIpc) is 3.30. The molecule has 4 rings (SSSR count). The lowest BCUT2D eigenvalue weighted by Gasteiger charge is -2.25. The molecule has 1 aliphatic heterocycles. The summed E-state index contributed by atoms with van der Waals surface area (Å²) in [5.74, 6) is 1.11. The van der Waals surface area contributed by atoms with Crippen molar-refractivity contribution in [2.24, 2.45) is 0 Å². The molecule has 2 aromatic carbocycles. The first-order chi connectivity index (χ1) is 15.2. The molecule has 31 heavy (non-hydrogen) atoms. The Morgan fingerprint density at radius 1 is 1.03 bits per heavy atom. The molecule has 160 valence electrons. The summed E-state index contributed by atoms with van der Waals surface area (Å²) in [6, 6.07) is 24.8. The van der Waals surface area contributed by atoms with Gasteiger partial charge in [-0.2, -0.15) is 0 Å². The minimum atomic E-state index is 0.0921. The van der Waals surface area contributed by atoms with Crippen LogP contribution in [0, 0.1) is 0 Å². The van der Waals surface area contributed by atoms with Crippen molar-refractivity contribution in [1.82, 2.24) is 9.88 Å². The fraction of sp³-hybridized carbons (Fsp3) is 0.333. The van der Waals surface area contributed by atoms with Crippen LogP contribution in [-0.2, 0) is 17.6 Å². The molecule has 0 radical (unpaired) electrons. The van der Waals surface area contributed by atoms with E-state index in [1.54, 1.807) is 7.11 Å². The van der Waals surface area contributed by atoms with Crippen molar-refractivity contribution in [2.45, 2.75) is 44.6 Å². The molecule has 1 saturated heterocycles. The summed E-state index contributed by atoms with van der Waals surface area (Å²) < 4.78 is 5.33. The molecule has 4 nitrogen and oxygen atoms in total. The van der Waals surface area contributed by atoms with Crippen LogP contribution >= 0.6 is 0 Å². The van der Waals surface area contributed by atoms with Gasteiger partial charge in [0.1, 0.15) is 5.75 Å². The molecule has 1 atom stereocenters. The molecule has 1 amide bonds. The number of aryl methyl sites for hydroxylation is 1. The average molecular weight is 415 g/mol. The van der Waals surface area contributed by atoms with Gasteiger partial charge in [0.15, 0.2) is 0 Å². The number of rotatable bonds is 8. The summed E-state index contributed by atoms with van der Waals surface area (Å²) in [5.41, 5.74) is 4.49. The van der Waals surface area contributed by atoms with Crippen molar-refractivity contribution in [3.63, 3.8) is 0 Å². The molecule has 1 aromatic heterocycles. The third kappa shape index (κ3) is 5.52. The van der Waals surface area contributed by atoms with E-state index in [-0.39, 0.29) is 11.9 Å². The van der Waals surface area contributed by atoms with Gasteiger partial charge in [-0.05, 0) is 61.1 Å². The van der Waals surface area contributed by atoms with E-state index < -0.39 is 0 Å². The monoisotopic (exact) mass is 414 g/mol. The highest BCUT2D eigenvalue weighted by atomic mass is 16.5. The van der Waals surface area contributed by atoms with Crippen LogP contribution in [0.15, 0.2) is 72.8 Å². The summed E-state index contributed by atoms with van der Waals surface area (Å²) in [4.78, 5) is 19.9. The molecule has 0 bridgehead atoms. The smallest absolute Gasteiger partial charge is 0.223 e. The first-order valence-electron chi connectivity index (χ1n) is 11.1. The molecule has 0 N–H and O–H groups in total. The number of aromatic nitrogens is 1. The quantitative estimate of drug-likeness (QED) is 0.498. The number of pyridine rings is 1. The van der Waals surface area contributed by atoms with Gasteiger partial charge in [-0.3, -0.25) is 9.78 Å². The SMILES string of the molecule is COc1cccc(Cc2cccc([C@H]3CCCN3C(=O)CCCc3ccccc3)n2)c1. The zero-order valence-corrected chi connectivity index (χ0v) is 18.2. The summed E-state index contributed by atoms with van der Waals surface area (Å²) in [6.07, 6.45) is 5.20.